The van der Waals surface area contributed by atoms with Crippen molar-refractivity contribution in [2.24, 2.45) is 5.73 Å². The number of hydrogen-bond donors (Lipinski definition) is 2. The summed E-state index contributed by atoms with van der Waals surface area (Å²) in [6, 6.07) is 22.7. The lowest BCUT2D eigenvalue weighted by Gasteiger charge is -2.27. The Morgan fingerprint density at radius 3 is 2.25 bits per heavy atom. The van der Waals surface area contributed by atoms with Gasteiger partial charge in [0.25, 0.3) is 5.56 Å². The van der Waals surface area contributed by atoms with E-state index in [1.165, 1.54) is 11.3 Å². The van der Waals surface area contributed by atoms with Gasteiger partial charge in [0, 0.05) is 29.1 Å². The van der Waals surface area contributed by atoms with Crippen LogP contribution in [0, 0.1) is 0 Å². The largest absolute Gasteiger partial charge is 0.374 e. The fraction of sp³-hybridized carbons (Fsp3) is 0.231. The molecule has 0 radical (unpaired) electrons. The molecule has 5 rings (SSSR count). The van der Waals surface area contributed by atoms with Crippen LogP contribution < -0.4 is 16.6 Å². The third kappa shape index (κ3) is 3.87. The number of nitrogens with two attached hydrogens (primary N) is 1. The van der Waals surface area contributed by atoms with E-state index in [1.807, 2.05) is 60.7 Å². The zero-order valence-corrected chi connectivity index (χ0v) is 18.5. The minimum Gasteiger partial charge on any atom is -0.374 e. The summed E-state index contributed by atoms with van der Waals surface area (Å²) >= 11 is 1.48. The monoisotopic (exact) mass is 443 g/mol. The molecule has 1 aliphatic carbocycles. The summed E-state index contributed by atoms with van der Waals surface area (Å²) in [5, 5.41) is 5.25. The van der Waals surface area contributed by atoms with Gasteiger partial charge in [-0.25, -0.2) is 0 Å². The molecule has 0 bridgehead atoms. The van der Waals surface area contributed by atoms with E-state index in [-0.39, 0.29) is 23.4 Å². The zero-order valence-electron chi connectivity index (χ0n) is 17.7. The molecule has 2 aromatic heterocycles. The van der Waals surface area contributed by atoms with Crippen LogP contribution in [0.5, 0.6) is 0 Å². The minimum atomic E-state index is -0.112. The molecule has 162 valence electrons. The first-order valence-electron chi connectivity index (χ1n) is 11.0. The van der Waals surface area contributed by atoms with E-state index in [4.69, 9.17) is 5.73 Å². The van der Waals surface area contributed by atoms with Gasteiger partial charge in [-0.15, -0.1) is 0 Å². The molecule has 6 heteroatoms. The summed E-state index contributed by atoms with van der Waals surface area (Å²) in [6.45, 7) is 0. The van der Waals surface area contributed by atoms with Crippen molar-refractivity contribution in [1.29, 1.82) is 0 Å². The molecule has 1 aliphatic rings. The maximum Gasteiger partial charge on any atom is 0.256 e. The van der Waals surface area contributed by atoms with Gasteiger partial charge in [0.05, 0.1) is 11.3 Å². The number of pyridine rings is 1. The quantitative estimate of drug-likeness (QED) is 0.427. The van der Waals surface area contributed by atoms with E-state index in [2.05, 4.69) is 5.32 Å². The first-order chi connectivity index (χ1) is 15.6. The molecular formula is C26H25N3O2S. The van der Waals surface area contributed by atoms with Gasteiger partial charge in [-0.2, -0.15) is 0 Å². The summed E-state index contributed by atoms with van der Waals surface area (Å²) in [6.07, 6.45) is 3.89. The average Bonchev–Trinajstić information content (AvgIpc) is 3.18. The number of benzene rings is 2. The highest BCUT2D eigenvalue weighted by atomic mass is 32.1. The summed E-state index contributed by atoms with van der Waals surface area (Å²) in [5.74, 6) is -0.0369. The number of anilines is 1. The zero-order chi connectivity index (χ0) is 22.1. The Balaban J connectivity index is 1.68. The highest BCUT2D eigenvalue weighted by molar-refractivity contribution is 7.23. The van der Waals surface area contributed by atoms with Gasteiger partial charge in [0.15, 0.2) is 5.78 Å². The van der Waals surface area contributed by atoms with Gasteiger partial charge >= 0.3 is 0 Å². The Morgan fingerprint density at radius 2 is 1.56 bits per heavy atom. The average molecular weight is 444 g/mol. The summed E-state index contributed by atoms with van der Waals surface area (Å²) < 4.78 is 1.70. The van der Waals surface area contributed by atoms with Crippen molar-refractivity contribution < 1.29 is 4.79 Å². The Morgan fingerprint density at radius 1 is 0.906 bits per heavy atom. The van der Waals surface area contributed by atoms with Gasteiger partial charge in [0.2, 0.25) is 0 Å². The Bertz CT molecular complexity index is 1300. The van der Waals surface area contributed by atoms with Crippen LogP contribution in [0.1, 0.15) is 41.6 Å². The van der Waals surface area contributed by atoms with Gasteiger partial charge in [0.1, 0.15) is 9.83 Å². The minimum absolute atomic E-state index is 0.0369. The first-order valence-corrected chi connectivity index (χ1v) is 11.8. The van der Waals surface area contributed by atoms with E-state index in [0.717, 1.165) is 46.6 Å². The number of thiophene rings is 1. The molecule has 0 amide bonds. The van der Waals surface area contributed by atoms with Crippen molar-refractivity contribution >= 4 is 32.3 Å². The van der Waals surface area contributed by atoms with E-state index >= 15 is 0 Å². The number of aromatic nitrogens is 1. The second-order valence-corrected chi connectivity index (χ2v) is 9.32. The second kappa shape index (κ2) is 8.73. The van der Waals surface area contributed by atoms with Crippen molar-refractivity contribution in [2.75, 3.05) is 5.32 Å². The molecule has 0 aliphatic heterocycles. The van der Waals surface area contributed by atoms with Gasteiger partial charge < -0.3 is 11.1 Å². The van der Waals surface area contributed by atoms with Crippen molar-refractivity contribution in [2.45, 2.75) is 37.8 Å². The Hall–Kier alpha value is -3.22. The van der Waals surface area contributed by atoms with Gasteiger partial charge in [-0.3, -0.25) is 14.2 Å². The number of para-hydroxylation sites is 1. The lowest BCUT2D eigenvalue weighted by Crippen LogP contribution is -2.32. The molecule has 1 fully saturated rings. The molecule has 4 aromatic rings. The van der Waals surface area contributed by atoms with Gasteiger partial charge in [-0.1, -0.05) is 59.9 Å². The molecular weight excluding hydrogens is 418 g/mol. The number of carbonyl (C=O) groups is 1. The predicted octanol–water partition coefficient (Wildman–Crippen LogP) is 4.97. The van der Waals surface area contributed by atoms with Crippen molar-refractivity contribution in [3.05, 3.63) is 94.3 Å². The Kier molecular flexibility index (Phi) is 5.64. The van der Waals surface area contributed by atoms with E-state index in [1.54, 1.807) is 16.7 Å². The van der Waals surface area contributed by atoms with Crippen LogP contribution in [0.3, 0.4) is 0 Å². The van der Waals surface area contributed by atoms with E-state index < -0.39 is 0 Å². The molecule has 32 heavy (non-hydrogen) atoms. The first kappa shape index (κ1) is 20.7. The summed E-state index contributed by atoms with van der Waals surface area (Å²) in [7, 11) is 0. The predicted molar refractivity (Wildman–Crippen MR) is 131 cm³/mol. The van der Waals surface area contributed by atoms with Crippen molar-refractivity contribution in [3.63, 3.8) is 0 Å². The number of rotatable bonds is 5. The van der Waals surface area contributed by atoms with Crippen LogP contribution >= 0.6 is 11.3 Å². The molecule has 2 aromatic carbocycles. The molecule has 2 heterocycles. The smallest absolute Gasteiger partial charge is 0.256 e. The van der Waals surface area contributed by atoms with Crippen LogP contribution in [0.2, 0.25) is 0 Å². The summed E-state index contributed by atoms with van der Waals surface area (Å²) in [4.78, 5) is 27.3. The van der Waals surface area contributed by atoms with Crippen LogP contribution in [0.25, 0.3) is 15.9 Å². The lowest BCUT2D eigenvalue weighted by atomic mass is 9.91. The number of ketones is 1. The van der Waals surface area contributed by atoms with Crippen molar-refractivity contribution in [1.82, 2.24) is 4.57 Å². The fourth-order valence-electron chi connectivity index (χ4n) is 4.41. The standard InChI is InChI=1S/C26H25N3O2S/c27-18-11-13-19(14-12-18)28-25-23(24(31)17-7-3-1-4-8-17)21-15-16-22(30)29(26(21)32-25)20-9-5-2-6-10-20/h1-10,15-16,18-19,28H,11-14,27H2/t18-,19-. The van der Waals surface area contributed by atoms with Crippen LogP contribution in [-0.4, -0.2) is 22.4 Å². The fourth-order valence-corrected chi connectivity index (χ4v) is 5.70. The number of carbonyl (C=O) groups excluding carboxylic acids is 1. The molecule has 3 N–H and O–H groups in total. The maximum atomic E-state index is 13.6. The molecule has 5 nitrogen and oxygen atoms in total. The summed E-state index contributed by atoms with van der Waals surface area (Å²) in [5.41, 5.74) is 8.04. The normalized spacial score (nSPS) is 18.5. The number of nitrogens with zero attached hydrogens (tertiary/aromatic N) is 1. The third-order valence-electron chi connectivity index (χ3n) is 6.13. The number of nitrogens with one attached hydrogen (secondary N) is 1. The Labute approximate surface area is 190 Å². The van der Waals surface area contributed by atoms with Crippen LogP contribution in [-0.2, 0) is 0 Å². The van der Waals surface area contributed by atoms with Gasteiger partial charge in [-0.05, 0) is 43.9 Å². The SMILES string of the molecule is N[C@H]1CC[C@H](Nc2sc3c(ccc(=O)n3-c3ccccc3)c2C(=O)c2ccccc2)CC1. The van der Waals surface area contributed by atoms with E-state index in [9.17, 15) is 9.59 Å². The van der Waals surface area contributed by atoms with Crippen molar-refractivity contribution in [3.8, 4) is 5.69 Å². The molecule has 0 spiro atoms. The van der Waals surface area contributed by atoms with Crippen LogP contribution in [0.4, 0.5) is 5.00 Å². The van der Waals surface area contributed by atoms with E-state index in [0.29, 0.717) is 11.1 Å². The third-order valence-corrected chi connectivity index (χ3v) is 7.25. The van der Waals surface area contributed by atoms with Crippen LogP contribution in [0.15, 0.2) is 77.6 Å². The molecule has 0 atom stereocenters. The number of fused-ring (bicyclic) bond motifs is 1. The lowest BCUT2D eigenvalue weighted by molar-refractivity contribution is 0.104. The number of hydrogen-bond acceptors (Lipinski definition) is 5. The molecule has 0 saturated heterocycles. The molecule has 1 saturated carbocycles. The highest BCUT2D eigenvalue weighted by Gasteiger charge is 2.26. The maximum absolute atomic E-state index is 13.6. The highest BCUT2D eigenvalue weighted by Crippen LogP contribution is 2.39. The topological polar surface area (TPSA) is 77.1 Å². The second-order valence-electron chi connectivity index (χ2n) is 8.32. The molecule has 0 unspecified atom stereocenters.